The molecule has 1 rings (SSSR count). The predicted octanol–water partition coefficient (Wildman–Crippen LogP) is 0.540. The van der Waals surface area contributed by atoms with Crippen LogP contribution in [0.3, 0.4) is 0 Å². The molecule has 0 unspecified atom stereocenters. The highest BCUT2D eigenvalue weighted by atomic mass is 16.5. The summed E-state index contributed by atoms with van der Waals surface area (Å²) in [6.07, 6.45) is 7.74. The van der Waals surface area contributed by atoms with E-state index in [1.165, 1.54) is 0 Å². The molecule has 1 aromatic heterocycles. The zero-order valence-corrected chi connectivity index (χ0v) is 10.0. The Balaban J connectivity index is 2.03. The molecule has 0 bridgehead atoms. The van der Waals surface area contributed by atoms with Crippen molar-refractivity contribution >= 4 is 0 Å². The van der Waals surface area contributed by atoms with Gasteiger partial charge in [0.05, 0.1) is 6.61 Å². The first kappa shape index (κ1) is 12.9. The highest BCUT2D eigenvalue weighted by molar-refractivity contribution is 4.95. The first-order valence-corrected chi connectivity index (χ1v) is 5.52. The molecule has 0 aliphatic carbocycles. The Kier molecular flexibility index (Phi) is 6.44. The molecule has 1 N–H and O–H groups in total. The first-order chi connectivity index (χ1) is 7.84. The Bertz CT molecular complexity index is 309. The number of allylic oxidation sites excluding steroid dienone is 1. The minimum Gasteiger partial charge on any atom is -0.383 e. The number of aromatic nitrogens is 3. The molecule has 0 atom stereocenters. The lowest BCUT2D eigenvalue weighted by Crippen LogP contribution is -2.19. The molecule has 90 valence electrons. The lowest BCUT2D eigenvalue weighted by molar-refractivity contribution is 0.199. The molecule has 0 radical (unpaired) electrons. The Morgan fingerprint density at radius 3 is 3.00 bits per heavy atom. The molecule has 0 saturated carbocycles. The van der Waals surface area contributed by atoms with Gasteiger partial charge in [-0.2, -0.15) is 5.10 Å². The summed E-state index contributed by atoms with van der Waals surface area (Å²) in [6, 6.07) is 0. The minimum atomic E-state index is 0.767. The van der Waals surface area contributed by atoms with Crippen LogP contribution < -0.4 is 5.32 Å². The van der Waals surface area contributed by atoms with Gasteiger partial charge in [0.25, 0.3) is 0 Å². The Morgan fingerprint density at radius 2 is 2.31 bits per heavy atom. The van der Waals surface area contributed by atoms with E-state index < -0.39 is 0 Å². The summed E-state index contributed by atoms with van der Waals surface area (Å²) in [6.45, 7) is 2.66. The van der Waals surface area contributed by atoms with Crippen LogP contribution in [0.4, 0.5) is 0 Å². The second kappa shape index (κ2) is 8.01. The third-order valence-corrected chi connectivity index (χ3v) is 2.24. The molecule has 1 heterocycles. The van der Waals surface area contributed by atoms with Crippen LogP contribution in [0.2, 0.25) is 0 Å². The fourth-order valence-electron chi connectivity index (χ4n) is 1.30. The van der Waals surface area contributed by atoms with Crippen LogP contribution in [0.25, 0.3) is 0 Å². The summed E-state index contributed by atoms with van der Waals surface area (Å²) < 4.78 is 6.73. The standard InChI is InChI=1S/C11H20N4O/c1-15-11(13-10-14-15)6-4-3-5-7-12-8-9-16-2/h3-4,10,12H,5-9H2,1-2H3. The van der Waals surface area contributed by atoms with E-state index in [0.29, 0.717) is 0 Å². The number of hydrogen-bond donors (Lipinski definition) is 1. The monoisotopic (exact) mass is 224 g/mol. The molecular weight excluding hydrogens is 204 g/mol. The van der Waals surface area contributed by atoms with Gasteiger partial charge < -0.3 is 10.1 Å². The van der Waals surface area contributed by atoms with Crippen molar-refractivity contribution in [2.24, 2.45) is 7.05 Å². The van der Waals surface area contributed by atoms with E-state index in [4.69, 9.17) is 4.74 Å². The largest absolute Gasteiger partial charge is 0.383 e. The van der Waals surface area contributed by atoms with Crippen molar-refractivity contribution in [3.05, 3.63) is 24.3 Å². The maximum absolute atomic E-state index is 4.93. The van der Waals surface area contributed by atoms with Gasteiger partial charge in [-0.3, -0.25) is 4.68 Å². The molecule has 0 amide bonds. The predicted molar refractivity (Wildman–Crippen MR) is 63.2 cm³/mol. The molecule has 0 fully saturated rings. The first-order valence-electron chi connectivity index (χ1n) is 5.52. The third-order valence-electron chi connectivity index (χ3n) is 2.24. The summed E-state index contributed by atoms with van der Waals surface area (Å²) in [4.78, 5) is 4.14. The molecule has 0 saturated heterocycles. The van der Waals surface area contributed by atoms with Gasteiger partial charge in [0.2, 0.25) is 0 Å². The fourth-order valence-corrected chi connectivity index (χ4v) is 1.30. The van der Waals surface area contributed by atoms with Crippen molar-refractivity contribution < 1.29 is 4.74 Å². The molecule has 0 aromatic carbocycles. The summed E-state index contributed by atoms with van der Waals surface area (Å²) >= 11 is 0. The molecule has 0 spiro atoms. The van der Waals surface area contributed by atoms with E-state index in [9.17, 15) is 0 Å². The zero-order valence-electron chi connectivity index (χ0n) is 10.0. The SMILES string of the molecule is COCCNCCC=CCc1ncnn1C. The van der Waals surface area contributed by atoms with Crippen molar-refractivity contribution in [3.63, 3.8) is 0 Å². The van der Waals surface area contributed by atoms with Crippen LogP contribution in [-0.2, 0) is 18.2 Å². The van der Waals surface area contributed by atoms with Gasteiger partial charge in [0.15, 0.2) is 0 Å². The Hall–Kier alpha value is -1.20. The Morgan fingerprint density at radius 1 is 1.44 bits per heavy atom. The van der Waals surface area contributed by atoms with E-state index in [0.717, 1.165) is 38.4 Å². The smallest absolute Gasteiger partial charge is 0.138 e. The quantitative estimate of drug-likeness (QED) is 0.517. The molecule has 0 aliphatic rings. The highest BCUT2D eigenvalue weighted by Crippen LogP contribution is 1.94. The summed E-state index contributed by atoms with van der Waals surface area (Å²) in [5.74, 6) is 0.989. The Labute approximate surface area is 96.5 Å². The molecular formula is C11H20N4O. The van der Waals surface area contributed by atoms with Crippen LogP contribution in [-0.4, -0.2) is 41.6 Å². The number of aryl methyl sites for hydroxylation is 1. The molecule has 0 aliphatic heterocycles. The summed E-state index contributed by atoms with van der Waals surface area (Å²) in [5, 5.41) is 7.29. The van der Waals surface area contributed by atoms with Crippen LogP contribution in [0, 0.1) is 0 Å². The summed E-state index contributed by atoms with van der Waals surface area (Å²) in [7, 11) is 3.62. The lowest BCUT2D eigenvalue weighted by atomic mass is 10.3. The van der Waals surface area contributed by atoms with E-state index in [-0.39, 0.29) is 0 Å². The van der Waals surface area contributed by atoms with Crippen LogP contribution >= 0.6 is 0 Å². The van der Waals surface area contributed by atoms with Crippen LogP contribution in [0.15, 0.2) is 18.5 Å². The maximum Gasteiger partial charge on any atom is 0.138 e. The molecule has 5 heteroatoms. The highest BCUT2D eigenvalue weighted by Gasteiger charge is 1.95. The van der Waals surface area contributed by atoms with Gasteiger partial charge in [-0.1, -0.05) is 12.2 Å². The van der Waals surface area contributed by atoms with Crippen molar-refractivity contribution in [1.82, 2.24) is 20.1 Å². The molecule has 1 aromatic rings. The average molecular weight is 224 g/mol. The number of hydrogen-bond acceptors (Lipinski definition) is 4. The van der Waals surface area contributed by atoms with E-state index in [2.05, 4.69) is 27.6 Å². The number of ether oxygens (including phenoxy) is 1. The van der Waals surface area contributed by atoms with Gasteiger partial charge in [-0.25, -0.2) is 4.98 Å². The van der Waals surface area contributed by atoms with Crippen molar-refractivity contribution in [1.29, 1.82) is 0 Å². The van der Waals surface area contributed by atoms with Crippen LogP contribution in [0.5, 0.6) is 0 Å². The van der Waals surface area contributed by atoms with E-state index in [1.807, 2.05) is 7.05 Å². The summed E-state index contributed by atoms with van der Waals surface area (Å²) in [5.41, 5.74) is 0. The topological polar surface area (TPSA) is 52.0 Å². The maximum atomic E-state index is 4.93. The normalized spacial score (nSPS) is 11.4. The lowest BCUT2D eigenvalue weighted by Gasteiger charge is -2.00. The van der Waals surface area contributed by atoms with Gasteiger partial charge >= 0.3 is 0 Å². The fraction of sp³-hybridized carbons (Fsp3) is 0.636. The number of nitrogens with zero attached hydrogens (tertiary/aromatic N) is 3. The second-order valence-electron chi connectivity index (χ2n) is 3.51. The van der Waals surface area contributed by atoms with E-state index >= 15 is 0 Å². The minimum absolute atomic E-state index is 0.767. The number of nitrogens with one attached hydrogen (secondary N) is 1. The second-order valence-corrected chi connectivity index (χ2v) is 3.51. The average Bonchev–Trinajstić information content (AvgIpc) is 2.68. The van der Waals surface area contributed by atoms with E-state index in [1.54, 1.807) is 18.1 Å². The van der Waals surface area contributed by atoms with Crippen molar-refractivity contribution in [2.75, 3.05) is 26.8 Å². The van der Waals surface area contributed by atoms with Crippen molar-refractivity contribution in [2.45, 2.75) is 12.8 Å². The molecule has 16 heavy (non-hydrogen) atoms. The van der Waals surface area contributed by atoms with Gasteiger partial charge in [0, 0.05) is 27.1 Å². The number of rotatable bonds is 8. The number of methoxy groups -OCH3 is 1. The zero-order chi connectivity index (χ0) is 11.6. The van der Waals surface area contributed by atoms with Gasteiger partial charge in [-0.15, -0.1) is 0 Å². The van der Waals surface area contributed by atoms with Gasteiger partial charge in [-0.05, 0) is 13.0 Å². The third kappa shape index (κ3) is 5.04. The van der Waals surface area contributed by atoms with Crippen LogP contribution in [0.1, 0.15) is 12.2 Å². The van der Waals surface area contributed by atoms with Gasteiger partial charge in [0.1, 0.15) is 12.2 Å². The van der Waals surface area contributed by atoms with Crippen molar-refractivity contribution in [3.8, 4) is 0 Å². The molecule has 5 nitrogen and oxygen atoms in total.